The first-order valence-electron chi connectivity index (χ1n) is 11.3. The second kappa shape index (κ2) is 10.3. The van der Waals surface area contributed by atoms with Crippen molar-refractivity contribution in [3.63, 3.8) is 0 Å². The smallest absolute Gasteiger partial charge is 0.366 e. The summed E-state index contributed by atoms with van der Waals surface area (Å²) in [5, 5.41) is 2.76. The number of carbonyl (C=O) groups excluding carboxylic acids is 2. The predicted octanol–water partition coefficient (Wildman–Crippen LogP) is 3.73. The molecule has 6 nitrogen and oxygen atoms in total. The Balaban J connectivity index is 1.70. The Bertz CT molecular complexity index is 1070. The molecule has 3 rings (SSSR count). The van der Waals surface area contributed by atoms with Gasteiger partial charge in [-0.05, 0) is 69.6 Å². The molecular formula is C25H30F4N4O2. The third-order valence-corrected chi connectivity index (χ3v) is 6.78. The molecule has 1 aromatic heterocycles. The van der Waals surface area contributed by atoms with E-state index in [1.807, 2.05) is 4.90 Å². The van der Waals surface area contributed by atoms with Crippen molar-refractivity contribution in [3.8, 4) is 0 Å². The number of pyridine rings is 1. The standard InChI is InChI=1S/C25H30F4N4O2/c1-15-4-6-17(13-31-15)20(24(8-9-24)25(27,28)29)12-22(34)32-14-18(33(2)3)10-16-5-7-19(23(30)35)21(26)11-16/h4-7,11,13,18,20H,8-10,12,14H2,1-3H3,(H2,30,35)(H,32,34)/t18-,20+/m0/s1. The van der Waals surface area contributed by atoms with Gasteiger partial charge in [-0.2, -0.15) is 13.2 Å². The number of nitrogens with one attached hydrogen (secondary N) is 1. The van der Waals surface area contributed by atoms with Crippen LogP contribution >= 0.6 is 0 Å². The van der Waals surface area contributed by atoms with Gasteiger partial charge in [0.25, 0.3) is 5.91 Å². The number of hydrogen-bond acceptors (Lipinski definition) is 4. The molecule has 35 heavy (non-hydrogen) atoms. The van der Waals surface area contributed by atoms with E-state index in [2.05, 4.69) is 10.3 Å². The Kier molecular flexibility index (Phi) is 7.83. The zero-order valence-electron chi connectivity index (χ0n) is 20.0. The lowest BCUT2D eigenvalue weighted by Gasteiger charge is -2.30. The van der Waals surface area contributed by atoms with E-state index in [1.165, 1.54) is 18.3 Å². The van der Waals surface area contributed by atoms with E-state index in [1.54, 1.807) is 39.2 Å². The van der Waals surface area contributed by atoms with Crippen LogP contribution in [0.4, 0.5) is 17.6 Å². The summed E-state index contributed by atoms with van der Waals surface area (Å²) >= 11 is 0. The van der Waals surface area contributed by atoms with Crippen molar-refractivity contribution >= 4 is 11.8 Å². The van der Waals surface area contributed by atoms with Crippen molar-refractivity contribution in [2.75, 3.05) is 20.6 Å². The van der Waals surface area contributed by atoms with Gasteiger partial charge in [0.2, 0.25) is 5.91 Å². The summed E-state index contributed by atoms with van der Waals surface area (Å²) < 4.78 is 55.9. The van der Waals surface area contributed by atoms with Gasteiger partial charge in [-0.3, -0.25) is 14.6 Å². The van der Waals surface area contributed by atoms with Crippen LogP contribution in [0.25, 0.3) is 0 Å². The number of hydrogen-bond donors (Lipinski definition) is 2. The molecule has 1 aliphatic carbocycles. The first-order valence-corrected chi connectivity index (χ1v) is 11.3. The van der Waals surface area contributed by atoms with Gasteiger partial charge in [0.15, 0.2) is 0 Å². The fraction of sp³-hybridized carbons (Fsp3) is 0.480. The summed E-state index contributed by atoms with van der Waals surface area (Å²) in [7, 11) is 3.57. The lowest BCUT2D eigenvalue weighted by atomic mass is 9.80. The maximum atomic E-state index is 14.1. The summed E-state index contributed by atoms with van der Waals surface area (Å²) in [6.07, 6.45) is -3.00. The lowest BCUT2D eigenvalue weighted by Crippen LogP contribution is -2.42. The summed E-state index contributed by atoms with van der Waals surface area (Å²) in [6, 6.07) is 7.12. The Morgan fingerprint density at radius 3 is 2.37 bits per heavy atom. The maximum Gasteiger partial charge on any atom is 0.395 e. The highest BCUT2D eigenvalue weighted by Crippen LogP contribution is 2.66. The Morgan fingerprint density at radius 2 is 1.89 bits per heavy atom. The molecule has 0 radical (unpaired) electrons. The molecule has 0 spiro atoms. The molecule has 10 heteroatoms. The molecule has 1 fully saturated rings. The largest absolute Gasteiger partial charge is 0.395 e. The fourth-order valence-electron chi connectivity index (χ4n) is 4.37. The van der Waals surface area contributed by atoms with Crippen LogP contribution < -0.4 is 11.1 Å². The molecule has 1 aromatic carbocycles. The SMILES string of the molecule is Cc1ccc([C@@H](CC(=O)NC[C@H](Cc2ccc(C(N)=O)c(F)c2)N(C)C)C2(C(F)(F)F)CC2)cn1. The number of halogens is 4. The number of nitrogens with two attached hydrogens (primary N) is 1. The first kappa shape index (κ1) is 26.6. The van der Waals surface area contributed by atoms with E-state index < -0.39 is 35.1 Å². The molecule has 0 bridgehead atoms. The summed E-state index contributed by atoms with van der Waals surface area (Å²) in [6.45, 7) is 1.90. The first-order chi connectivity index (χ1) is 16.3. The monoisotopic (exact) mass is 494 g/mol. The number of benzene rings is 1. The Labute approximate surface area is 201 Å². The van der Waals surface area contributed by atoms with Crippen LogP contribution in [0.15, 0.2) is 36.5 Å². The summed E-state index contributed by atoms with van der Waals surface area (Å²) in [5.41, 5.74) is 4.69. The molecule has 190 valence electrons. The number of rotatable bonds is 10. The van der Waals surface area contributed by atoms with Gasteiger partial charge in [0, 0.05) is 36.8 Å². The average Bonchev–Trinajstić information content (AvgIpc) is 3.57. The van der Waals surface area contributed by atoms with Crippen molar-refractivity contribution in [1.82, 2.24) is 15.2 Å². The Morgan fingerprint density at radius 1 is 1.20 bits per heavy atom. The number of amides is 2. The predicted molar refractivity (Wildman–Crippen MR) is 123 cm³/mol. The van der Waals surface area contributed by atoms with Crippen molar-refractivity contribution < 1.29 is 27.2 Å². The lowest BCUT2D eigenvalue weighted by molar-refractivity contribution is -0.194. The van der Waals surface area contributed by atoms with Crippen molar-refractivity contribution in [3.05, 3.63) is 64.7 Å². The topological polar surface area (TPSA) is 88.3 Å². The zero-order chi connectivity index (χ0) is 26.0. The number of carbonyl (C=O) groups is 2. The average molecular weight is 495 g/mol. The molecule has 0 aliphatic heterocycles. The summed E-state index contributed by atoms with van der Waals surface area (Å²) in [4.78, 5) is 30.0. The highest BCUT2D eigenvalue weighted by atomic mass is 19.4. The van der Waals surface area contributed by atoms with Crippen LogP contribution in [0, 0.1) is 18.2 Å². The highest BCUT2D eigenvalue weighted by Gasteiger charge is 2.67. The van der Waals surface area contributed by atoms with E-state index in [4.69, 9.17) is 5.73 Å². The minimum absolute atomic E-state index is 0.0183. The fourth-order valence-corrected chi connectivity index (χ4v) is 4.37. The number of primary amides is 1. The minimum Gasteiger partial charge on any atom is -0.366 e. The van der Waals surface area contributed by atoms with E-state index in [0.717, 1.165) is 0 Å². The molecule has 3 N–H and O–H groups in total. The quantitative estimate of drug-likeness (QED) is 0.493. The number of aryl methyl sites for hydroxylation is 1. The van der Waals surface area contributed by atoms with Gasteiger partial charge in [-0.1, -0.05) is 12.1 Å². The number of nitrogens with zero attached hydrogens (tertiary/aromatic N) is 2. The van der Waals surface area contributed by atoms with Gasteiger partial charge in [-0.15, -0.1) is 0 Å². The van der Waals surface area contributed by atoms with Crippen LogP contribution in [0.5, 0.6) is 0 Å². The second-order valence-corrected chi connectivity index (χ2v) is 9.45. The minimum atomic E-state index is -4.42. The van der Waals surface area contributed by atoms with E-state index >= 15 is 0 Å². The van der Waals surface area contributed by atoms with Gasteiger partial charge < -0.3 is 16.0 Å². The molecule has 1 aliphatic rings. The van der Waals surface area contributed by atoms with Crippen LogP contribution in [-0.2, 0) is 11.2 Å². The summed E-state index contributed by atoms with van der Waals surface area (Å²) in [5.74, 6) is -3.11. The van der Waals surface area contributed by atoms with Gasteiger partial charge in [0.05, 0.1) is 11.0 Å². The molecule has 2 atom stereocenters. The second-order valence-electron chi connectivity index (χ2n) is 9.45. The zero-order valence-corrected chi connectivity index (χ0v) is 20.0. The molecular weight excluding hydrogens is 464 g/mol. The molecule has 1 heterocycles. The van der Waals surface area contributed by atoms with Crippen molar-refractivity contribution in [2.45, 2.75) is 50.7 Å². The van der Waals surface area contributed by atoms with Crippen LogP contribution in [0.1, 0.15) is 52.4 Å². The van der Waals surface area contributed by atoms with Gasteiger partial charge >= 0.3 is 6.18 Å². The number of aromatic nitrogens is 1. The molecule has 0 unspecified atom stereocenters. The molecule has 0 saturated heterocycles. The van der Waals surface area contributed by atoms with Crippen LogP contribution in [-0.4, -0.2) is 54.6 Å². The molecule has 2 amide bonds. The highest BCUT2D eigenvalue weighted by molar-refractivity contribution is 5.93. The van der Waals surface area contributed by atoms with Crippen LogP contribution in [0.2, 0.25) is 0 Å². The number of alkyl halides is 3. The van der Waals surface area contributed by atoms with E-state index in [9.17, 15) is 27.2 Å². The van der Waals surface area contributed by atoms with Gasteiger partial charge in [-0.25, -0.2) is 4.39 Å². The van der Waals surface area contributed by atoms with Crippen molar-refractivity contribution in [1.29, 1.82) is 0 Å². The van der Waals surface area contributed by atoms with E-state index in [0.29, 0.717) is 23.2 Å². The Hall–Kier alpha value is -3.01. The van der Waals surface area contributed by atoms with Gasteiger partial charge in [0.1, 0.15) is 5.82 Å². The molecule has 2 aromatic rings. The van der Waals surface area contributed by atoms with E-state index in [-0.39, 0.29) is 37.4 Å². The maximum absolute atomic E-state index is 14.1. The van der Waals surface area contributed by atoms with Crippen LogP contribution in [0.3, 0.4) is 0 Å². The van der Waals surface area contributed by atoms with Crippen molar-refractivity contribution in [2.24, 2.45) is 11.1 Å². The molecule has 1 saturated carbocycles. The number of likely N-dealkylation sites (N-methyl/N-ethyl adjacent to an activating group) is 1. The normalized spacial score (nSPS) is 16.6. The third kappa shape index (κ3) is 6.17. The third-order valence-electron chi connectivity index (χ3n) is 6.78.